The predicted molar refractivity (Wildman–Crippen MR) is 113 cm³/mol. The number of fused-ring (bicyclic) bond motifs is 5. The van der Waals surface area contributed by atoms with Crippen LogP contribution in [0.25, 0.3) is 11.2 Å². The lowest BCUT2D eigenvalue weighted by Crippen LogP contribution is -2.37. The van der Waals surface area contributed by atoms with Crippen LogP contribution in [-0.2, 0) is 32.0 Å². The second kappa shape index (κ2) is 9.17. The molecule has 2 aromatic rings. The minimum atomic E-state index is -5.27. The summed E-state index contributed by atoms with van der Waals surface area (Å²) in [6, 6.07) is 0. The lowest BCUT2D eigenvalue weighted by molar-refractivity contribution is -0.0497. The van der Waals surface area contributed by atoms with Crippen LogP contribution in [0.2, 0.25) is 0 Å². The quantitative estimate of drug-likeness (QED) is 0.152. The molecule has 2 saturated heterocycles. The van der Waals surface area contributed by atoms with Crippen molar-refractivity contribution in [3.05, 3.63) is 6.33 Å². The van der Waals surface area contributed by atoms with Crippen molar-refractivity contribution in [2.24, 2.45) is 0 Å². The standard InChI is InChI=1S/C15H22N6O13P2/c16-15-19-6-11-17-3-18-12(6)21(15)14-10(25)8(23)5(33-14)2-31-36(28,29)34-35(26,27)30-1-4-7(22)9(24)13(20-11)32-4/h3-5,7-10,13-14,22-25H,1-2H2,(H2,16,19)(H,26,27)(H,28,29)(H,17,18,20)/t4-,5-,7-,8-,9-,10-,13-,14-/m1/s1. The summed E-state index contributed by atoms with van der Waals surface area (Å²) < 4.78 is 50.0. The van der Waals surface area contributed by atoms with Crippen LogP contribution in [0, 0.1) is 0 Å². The molecule has 3 aliphatic rings. The zero-order chi connectivity index (χ0) is 26.0. The lowest BCUT2D eigenvalue weighted by atomic mass is 10.1. The first-order chi connectivity index (χ1) is 16.9. The number of phosphoric ester groups is 2. The van der Waals surface area contributed by atoms with Crippen LogP contribution in [0.5, 0.6) is 0 Å². The molecule has 0 spiro atoms. The van der Waals surface area contributed by atoms with E-state index in [4.69, 9.17) is 15.2 Å². The van der Waals surface area contributed by atoms with Crippen molar-refractivity contribution in [3.63, 3.8) is 0 Å². The van der Waals surface area contributed by atoms with Gasteiger partial charge in [-0.05, 0) is 0 Å². The molecule has 0 aromatic carbocycles. The molecule has 200 valence electrons. The molecule has 0 aliphatic carbocycles. The number of phosphoric acid groups is 2. The summed E-state index contributed by atoms with van der Waals surface area (Å²) in [5, 5.41) is 44.3. The molecule has 0 amide bonds. The van der Waals surface area contributed by atoms with E-state index in [1.165, 1.54) is 0 Å². The minimum absolute atomic E-state index is 0.00492. The van der Waals surface area contributed by atoms with E-state index >= 15 is 0 Å². The smallest absolute Gasteiger partial charge is 0.387 e. The molecule has 2 unspecified atom stereocenters. The zero-order valence-electron chi connectivity index (χ0n) is 17.9. The second-order valence-electron chi connectivity index (χ2n) is 8.11. The van der Waals surface area contributed by atoms with E-state index < -0.39 is 77.9 Å². The number of imidazole rings is 1. The van der Waals surface area contributed by atoms with E-state index in [-0.39, 0.29) is 22.9 Å². The number of aliphatic hydroxyl groups excluding tert-OH is 4. The van der Waals surface area contributed by atoms with Crippen molar-refractivity contribution in [2.75, 3.05) is 24.3 Å². The monoisotopic (exact) mass is 556 g/mol. The summed E-state index contributed by atoms with van der Waals surface area (Å²) in [5.41, 5.74) is 6.09. The highest BCUT2D eigenvalue weighted by atomic mass is 31.3. The molecule has 5 rings (SSSR count). The van der Waals surface area contributed by atoms with Crippen LogP contribution in [0.1, 0.15) is 6.23 Å². The largest absolute Gasteiger partial charge is 0.481 e. The molecule has 5 heterocycles. The third-order valence-electron chi connectivity index (χ3n) is 5.75. The zero-order valence-corrected chi connectivity index (χ0v) is 19.7. The van der Waals surface area contributed by atoms with Crippen LogP contribution in [0.4, 0.5) is 11.8 Å². The number of nitrogens with two attached hydrogens (primary N) is 1. The Labute approximate surface area is 200 Å². The van der Waals surface area contributed by atoms with Gasteiger partial charge in [0.15, 0.2) is 29.4 Å². The molecule has 3 aliphatic heterocycles. The van der Waals surface area contributed by atoms with Crippen molar-refractivity contribution in [1.82, 2.24) is 19.5 Å². The van der Waals surface area contributed by atoms with Gasteiger partial charge in [-0.15, -0.1) is 0 Å². The Kier molecular flexibility index (Phi) is 6.58. The van der Waals surface area contributed by atoms with Gasteiger partial charge in [0.1, 0.15) is 43.0 Å². The number of ether oxygens (including phenoxy) is 2. The van der Waals surface area contributed by atoms with E-state index in [2.05, 4.69) is 33.6 Å². The van der Waals surface area contributed by atoms with Gasteiger partial charge in [0.25, 0.3) is 0 Å². The third kappa shape index (κ3) is 4.63. The molecule has 36 heavy (non-hydrogen) atoms. The average molecular weight is 556 g/mol. The fraction of sp³-hybridized carbons (Fsp3) is 0.667. The number of hydrogen-bond donors (Lipinski definition) is 8. The highest BCUT2D eigenvalue weighted by Gasteiger charge is 2.48. The van der Waals surface area contributed by atoms with Gasteiger partial charge in [0, 0.05) is 0 Å². The number of nitrogen functional groups attached to an aromatic ring is 1. The molecule has 8 bridgehead atoms. The number of aromatic nitrogens is 4. The maximum atomic E-state index is 12.2. The summed E-state index contributed by atoms with van der Waals surface area (Å²) >= 11 is 0. The minimum Gasteiger partial charge on any atom is -0.387 e. The number of nitrogens with one attached hydrogen (secondary N) is 1. The molecule has 0 radical (unpaired) electrons. The number of hydrogen-bond acceptors (Lipinski definition) is 16. The van der Waals surface area contributed by atoms with Crippen LogP contribution in [-0.4, -0.2) is 106 Å². The Balaban J connectivity index is 1.55. The number of nitrogens with zero attached hydrogens (tertiary/aromatic N) is 4. The van der Waals surface area contributed by atoms with Crippen LogP contribution in [0.15, 0.2) is 6.33 Å². The Morgan fingerprint density at radius 3 is 2.22 bits per heavy atom. The first-order valence-corrected chi connectivity index (χ1v) is 13.3. The molecule has 2 aromatic heterocycles. The Bertz CT molecular complexity index is 1250. The first-order valence-electron chi connectivity index (χ1n) is 10.3. The van der Waals surface area contributed by atoms with Gasteiger partial charge in [-0.1, -0.05) is 0 Å². The molecular weight excluding hydrogens is 534 g/mol. The van der Waals surface area contributed by atoms with Crippen LogP contribution >= 0.6 is 15.6 Å². The number of aliphatic hydroxyl groups is 4. The first kappa shape index (κ1) is 25.8. The van der Waals surface area contributed by atoms with Crippen LogP contribution in [0.3, 0.4) is 0 Å². The average Bonchev–Trinajstić information content (AvgIpc) is 3.37. The van der Waals surface area contributed by atoms with Crippen molar-refractivity contribution in [3.8, 4) is 0 Å². The fourth-order valence-electron chi connectivity index (χ4n) is 4.02. The van der Waals surface area contributed by atoms with Crippen molar-refractivity contribution >= 4 is 38.6 Å². The number of rotatable bonds is 0. The normalized spacial score (nSPS) is 43.8. The molecule has 21 heteroatoms. The second-order valence-corrected chi connectivity index (χ2v) is 11.2. The van der Waals surface area contributed by atoms with Crippen LogP contribution < -0.4 is 11.1 Å². The summed E-state index contributed by atoms with van der Waals surface area (Å²) in [6.07, 6.45) is -10.9. The third-order valence-corrected chi connectivity index (χ3v) is 8.35. The molecule has 0 saturated carbocycles. The van der Waals surface area contributed by atoms with Gasteiger partial charge < -0.3 is 50.7 Å². The summed E-state index contributed by atoms with van der Waals surface area (Å²) in [7, 11) is -10.5. The molecular formula is C15H22N6O13P2. The topological polar surface area (TPSA) is 283 Å². The Morgan fingerprint density at radius 2 is 1.56 bits per heavy atom. The van der Waals surface area contributed by atoms with Gasteiger partial charge >= 0.3 is 15.6 Å². The van der Waals surface area contributed by atoms with Crippen molar-refractivity contribution in [2.45, 2.75) is 49.1 Å². The summed E-state index contributed by atoms with van der Waals surface area (Å²) in [6.45, 7) is -1.71. The Morgan fingerprint density at radius 1 is 0.944 bits per heavy atom. The van der Waals surface area contributed by atoms with Gasteiger partial charge in [-0.25, -0.2) is 24.1 Å². The summed E-state index contributed by atoms with van der Waals surface area (Å²) in [5.74, 6) is -0.226. The van der Waals surface area contributed by atoms with E-state index in [0.29, 0.717) is 0 Å². The maximum Gasteiger partial charge on any atom is 0.481 e. The fourth-order valence-corrected chi connectivity index (χ4v) is 6.11. The highest BCUT2D eigenvalue weighted by molar-refractivity contribution is 7.61. The molecule has 9 N–H and O–H groups in total. The highest BCUT2D eigenvalue weighted by Crippen LogP contribution is 2.60. The van der Waals surface area contributed by atoms with E-state index in [1.54, 1.807) is 0 Å². The molecule has 10 atom stereocenters. The van der Waals surface area contributed by atoms with Crippen molar-refractivity contribution < 1.29 is 62.2 Å². The SMILES string of the molecule is Nc1nc2c3ncnc2n1[C@@H]1O[C@H](COP(=O)(O)OP(=O)(O)OC[C@H]2O[C@@H](N3)[C@H](O)[C@@H]2O)[C@@H](O)[C@H]1O. The van der Waals surface area contributed by atoms with Gasteiger partial charge in [0.2, 0.25) is 5.95 Å². The number of anilines is 2. The predicted octanol–water partition coefficient (Wildman–Crippen LogP) is -2.85. The molecule has 2 fully saturated rings. The molecule has 19 nitrogen and oxygen atoms in total. The lowest BCUT2D eigenvalue weighted by Gasteiger charge is -2.21. The van der Waals surface area contributed by atoms with Gasteiger partial charge in [0.05, 0.1) is 13.2 Å². The van der Waals surface area contributed by atoms with E-state index in [1.807, 2.05) is 0 Å². The van der Waals surface area contributed by atoms with E-state index in [0.717, 1.165) is 10.9 Å². The Hall–Kier alpha value is -1.83. The van der Waals surface area contributed by atoms with Gasteiger partial charge in [-0.2, -0.15) is 4.31 Å². The maximum absolute atomic E-state index is 12.2. The summed E-state index contributed by atoms with van der Waals surface area (Å²) in [4.78, 5) is 31.9. The van der Waals surface area contributed by atoms with Crippen molar-refractivity contribution in [1.29, 1.82) is 0 Å². The van der Waals surface area contributed by atoms with Gasteiger partial charge in [-0.3, -0.25) is 13.6 Å². The van der Waals surface area contributed by atoms with E-state index in [9.17, 15) is 39.3 Å².